The van der Waals surface area contributed by atoms with E-state index in [1.807, 2.05) is 34.4 Å². The molecule has 5 nitrogen and oxygen atoms in total. The Morgan fingerprint density at radius 1 is 1.20 bits per heavy atom. The van der Waals surface area contributed by atoms with Gasteiger partial charge in [-0.1, -0.05) is 23.7 Å². The maximum Gasteiger partial charge on any atom is 0.373 e. The second kappa shape index (κ2) is 10.1. The number of aromatic nitrogens is 1. The normalized spacial score (nSPS) is 10.5. The standard InChI is InChI=1S/C17H23ClN3O2S.BrH/c1-19(2)9-10-20(3)17-15(13-5-7-14(18)8-6-13)11-21(24-17)12-16(22)23-4;/h5-8,11H,9-10,12H2,1-4H3;1H/q+1;/p-1. The van der Waals surface area contributed by atoms with Crippen LogP contribution in [0.2, 0.25) is 5.02 Å². The van der Waals surface area contributed by atoms with E-state index in [1.165, 1.54) is 7.11 Å². The summed E-state index contributed by atoms with van der Waals surface area (Å²) in [4.78, 5) is 16.0. The van der Waals surface area contributed by atoms with Gasteiger partial charge in [-0.15, -0.1) is 3.96 Å². The van der Waals surface area contributed by atoms with E-state index < -0.39 is 0 Å². The molecule has 0 aliphatic rings. The first kappa shape index (κ1) is 21.9. The van der Waals surface area contributed by atoms with E-state index in [1.54, 1.807) is 11.5 Å². The van der Waals surface area contributed by atoms with E-state index in [0.29, 0.717) is 5.02 Å². The highest BCUT2D eigenvalue weighted by molar-refractivity contribution is 7.07. The van der Waals surface area contributed by atoms with Crippen LogP contribution in [0.25, 0.3) is 11.1 Å². The number of methoxy groups -OCH3 is 1. The van der Waals surface area contributed by atoms with Crippen LogP contribution in [0.1, 0.15) is 0 Å². The van der Waals surface area contributed by atoms with Crippen molar-refractivity contribution in [3.63, 3.8) is 0 Å². The molecule has 0 aliphatic carbocycles. The molecule has 0 fully saturated rings. The topological polar surface area (TPSA) is 36.7 Å². The number of hydrogen-bond acceptors (Lipinski definition) is 5. The van der Waals surface area contributed by atoms with Gasteiger partial charge in [-0.05, 0) is 31.8 Å². The Hall–Kier alpha value is -1.15. The van der Waals surface area contributed by atoms with Crippen molar-refractivity contribution in [2.45, 2.75) is 6.54 Å². The maximum atomic E-state index is 11.6. The molecule has 0 unspecified atom stereocenters. The van der Waals surface area contributed by atoms with E-state index in [9.17, 15) is 4.79 Å². The minimum Gasteiger partial charge on any atom is -1.00 e. The monoisotopic (exact) mass is 447 g/mol. The fourth-order valence-electron chi connectivity index (χ4n) is 2.21. The summed E-state index contributed by atoms with van der Waals surface area (Å²) < 4.78 is 6.67. The number of carbonyl (C=O) groups excluding carboxylic acids is 1. The Bertz CT molecular complexity index is 692. The first-order valence-electron chi connectivity index (χ1n) is 7.63. The number of anilines is 1. The minimum atomic E-state index is -0.258. The van der Waals surface area contributed by atoms with E-state index in [2.05, 4.69) is 30.9 Å². The lowest BCUT2D eigenvalue weighted by Crippen LogP contribution is -3.00. The minimum absolute atomic E-state index is 0. The van der Waals surface area contributed by atoms with Crippen molar-refractivity contribution in [1.29, 1.82) is 0 Å². The van der Waals surface area contributed by atoms with Gasteiger partial charge in [0.15, 0.2) is 22.7 Å². The lowest BCUT2D eigenvalue weighted by molar-refractivity contribution is -0.616. The zero-order chi connectivity index (χ0) is 17.7. The molecule has 0 saturated carbocycles. The number of hydrogen-bond donors (Lipinski definition) is 0. The van der Waals surface area contributed by atoms with E-state index in [0.717, 1.165) is 29.2 Å². The zero-order valence-corrected chi connectivity index (χ0v) is 18.0. The lowest BCUT2D eigenvalue weighted by atomic mass is 10.1. The number of ether oxygens (including phenoxy) is 1. The van der Waals surface area contributed by atoms with Gasteiger partial charge in [-0.3, -0.25) is 0 Å². The molecular weight excluding hydrogens is 426 g/mol. The molecule has 1 aromatic carbocycles. The Balaban J connectivity index is 0.00000312. The average molecular weight is 449 g/mol. The Morgan fingerprint density at radius 2 is 1.84 bits per heavy atom. The summed E-state index contributed by atoms with van der Waals surface area (Å²) in [6.45, 7) is 2.06. The number of rotatable bonds is 7. The summed E-state index contributed by atoms with van der Waals surface area (Å²) in [5.41, 5.74) is 2.16. The molecule has 0 saturated heterocycles. The third-order valence-electron chi connectivity index (χ3n) is 3.60. The smallest absolute Gasteiger partial charge is 0.373 e. The number of likely N-dealkylation sites (N-methyl/N-ethyl adjacent to an activating group) is 2. The molecule has 2 aromatic rings. The fraction of sp³-hybridized carbons (Fsp3) is 0.412. The SMILES string of the molecule is COC(=O)C[n+]1cc(-c2ccc(Cl)cc2)c(N(C)CCN(C)C)s1.[Br-]. The van der Waals surface area contributed by atoms with Crippen molar-refractivity contribution in [3.05, 3.63) is 35.5 Å². The Labute approximate surface area is 168 Å². The molecule has 138 valence electrons. The quantitative estimate of drug-likeness (QED) is 0.424. The molecule has 1 heterocycles. The van der Waals surface area contributed by atoms with Crippen LogP contribution in [0, 0.1) is 0 Å². The highest BCUT2D eigenvalue weighted by Crippen LogP contribution is 2.33. The van der Waals surface area contributed by atoms with Gasteiger partial charge in [0.25, 0.3) is 6.54 Å². The van der Waals surface area contributed by atoms with Crippen molar-refractivity contribution in [2.75, 3.05) is 46.2 Å². The van der Waals surface area contributed by atoms with Gasteiger partial charge in [-0.2, -0.15) is 0 Å². The van der Waals surface area contributed by atoms with Crippen LogP contribution < -0.4 is 25.8 Å². The lowest BCUT2D eigenvalue weighted by Gasteiger charge is -2.19. The van der Waals surface area contributed by atoms with Gasteiger partial charge >= 0.3 is 5.97 Å². The number of halogens is 2. The summed E-state index contributed by atoms with van der Waals surface area (Å²) >= 11 is 7.55. The molecule has 0 spiro atoms. The van der Waals surface area contributed by atoms with Gasteiger partial charge in [0.05, 0.1) is 12.7 Å². The molecule has 2 rings (SSSR count). The third kappa shape index (κ3) is 6.26. The van der Waals surface area contributed by atoms with Crippen LogP contribution >= 0.6 is 23.1 Å². The summed E-state index contributed by atoms with van der Waals surface area (Å²) in [7, 11) is 7.58. The molecule has 1 aromatic heterocycles. The molecular formula is C17H23BrClN3O2S. The van der Waals surface area contributed by atoms with E-state index >= 15 is 0 Å². The van der Waals surface area contributed by atoms with Gasteiger partial charge in [-0.25, -0.2) is 4.79 Å². The Kier molecular flexibility index (Phi) is 8.85. The van der Waals surface area contributed by atoms with Crippen molar-refractivity contribution in [3.8, 4) is 11.1 Å². The van der Waals surface area contributed by atoms with Crippen molar-refractivity contribution in [1.82, 2.24) is 4.90 Å². The van der Waals surface area contributed by atoms with Crippen LogP contribution in [0.4, 0.5) is 5.00 Å². The van der Waals surface area contributed by atoms with Crippen molar-refractivity contribution in [2.24, 2.45) is 0 Å². The fourth-order valence-corrected chi connectivity index (χ4v) is 3.39. The first-order valence-corrected chi connectivity index (χ1v) is 8.78. The molecule has 0 radical (unpaired) electrons. The molecule has 0 aliphatic heterocycles. The largest absolute Gasteiger partial charge is 1.00 e. The van der Waals surface area contributed by atoms with E-state index in [-0.39, 0.29) is 29.5 Å². The number of nitrogens with zero attached hydrogens (tertiary/aromatic N) is 3. The summed E-state index contributed by atoms with van der Waals surface area (Å²) in [6, 6.07) is 7.75. The van der Waals surface area contributed by atoms with Gasteiger partial charge in [0.1, 0.15) is 0 Å². The number of carbonyl (C=O) groups is 1. The van der Waals surface area contributed by atoms with Crippen LogP contribution in [0.3, 0.4) is 0 Å². The second-order valence-electron chi connectivity index (χ2n) is 5.82. The summed E-state index contributed by atoms with van der Waals surface area (Å²) in [5, 5.41) is 1.82. The summed E-state index contributed by atoms with van der Waals surface area (Å²) in [5.74, 6) is -0.258. The Morgan fingerprint density at radius 3 is 2.40 bits per heavy atom. The van der Waals surface area contributed by atoms with Gasteiger partial charge < -0.3 is 31.5 Å². The average Bonchev–Trinajstić information content (AvgIpc) is 2.97. The maximum absolute atomic E-state index is 11.6. The zero-order valence-electron chi connectivity index (χ0n) is 14.8. The van der Waals surface area contributed by atoms with Crippen molar-refractivity contribution >= 4 is 34.1 Å². The highest BCUT2D eigenvalue weighted by Gasteiger charge is 2.23. The van der Waals surface area contributed by atoms with Crippen LogP contribution in [-0.4, -0.2) is 52.2 Å². The van der Waals surface area contributed by atoms with Gasteiger partial charge in [0, 0.05) is 25.2 Å². The molecule has 25 heavy (non-hydrogen) atoms. The van der Waals surface area contributed by atoms with Crippen LogP contribution in [0.5, 0.6) is 0 Å². The van der Waals surface area contributed by atoms with Crippen molar-refractivity contribution < 1.29 is 30.5 Å². The summed E-state index contributed by atoms with van der Waals surface area (Å²) in [6.07, 6.45) is 1.99. The van der Waals surface area contributed by atoms with E-state index in [4.69, 9.17) is 16.3 Å². The highest BCUT2D eigenvalue weighted by atomic mass is 79.9. The predicted molar refractivity (Wildman–Crippen MR) is 98.8 cm³/mol. The first-order chi connectivity index (χ1) is 11.4. The molecule has 0 bridgehead atoms. The molecule has 8 heteroatoms. The number of benzene rings is 1. The third-order valence-corrected chi connectivity index (χ3v) is 5.03. The second-order valence-corrected chi connectivity index (χ2v) is 7.30. The van der Waals surface area contributed by atoms with Crippen LogP contribution in [0.15, 0.2) is 30.5 Å². The van der Waals surface area contributed by atoms with Gasteiger partial charge in [0.2, 0.25) is 0 Å². The molecule has 0 N–H and O–H groups in total. The predicted octanol–water partition coefficient (Wildman–Crippen LogP) is -0.469. The molecule has 0 atom stereocenters. The van der Waals surface area contributed by atoms with Crippen LogP contribution in [-0.2, 0) is 16.1 Å². The molecule has 0 amide bonds. The number of esters is 1.